The van der Waals surface area contributed by atoms with E-state index in [0.29, 0.717) is 60.3 Å². The Kier molecular flexibility index (Phi) is 6.18. The van der Waals surface area contributed by atoms with E-state index in [2.05, 4.69) is 15.3 Å². The van der Waals surface area contributed by atoms with Gasteiger partial charge in [-0.05, 0) is 26.0 Å². The summed E-state index contributed by atoms with van der Waals surface area (Å²) in [5.41, 5.74) is 0.799. The first-order valence-electron chi connectivity index (χ1n) is 11.5. The first-order chi connectivity index (χ1) is 16.8. The van der Waals surface area contributed by atoms with Crippen LogP contribution in [0.5, 0.6) is 11.5 Å². The maximum atomic E-state index is 15.1. The first kappa shape index (κ1) is 23.6. The fourth-order valence-electron chi connectivity index (χ4n) is 4.56. The van der Waals surface area contributed by atoms with Gasteiger partial charge < -0.3 is 24.6 Å². The predicted molar refractivity (Wildman–Crippen MR) is 123 cm³/mol. The Morgan fingerprint density at radius 2 is 2.11 bits per heavy atom. The standard InChI is InChI=1S/C25H26F3N3O4/c1-13(16-4-3-5-19(21(16)26)25(27,28)12-32)29-24-18-10-20(35-15-6-8-33-11-15)23-17(7-9-34-23)22(18)30-14(2)31-24/h3-5,10,13,15,32H,6-9,11-12H2,1-2H3,(H,29,30,31)/t13-,15+/m1/s1. The van der Waals surface area contributed by atoms with Crippen molar-refractivity contribution >= 4 is 16.7 Å². The molecule has 1 aromatic heterocycles. The topological polar surface area (TPSA) is 85.7 Å². The minimum Gasteiger partial charge on any atom is -0.489 e. The Morgan fingerprint density at radius 3 is 2.86 bits per heavy atom. The Labute approximate surface area is 200 Å². The van der Waals surface area contributed by atoms with E-state index in [9.17, 15) is 8.78 Å². The minimum absolute atomic E-state index is 0.0316. The molecule has 2 aliphatic heterocycles. The molecule has 10 heteroatoms. The van der Waals surface area contributed by atoms with Crippen LogP contribution in [0.3, 0.4) is 0 Å². The Bertz CT molecular complexity index is 1260. The molecule has 7 nitrogen and oxygen atoms in total. The number of aryl methyl sites for hydroxylation is 1. The Balaban J connectivity index is 1.55. The number of nitrogens with one attached hydrogen (secondary N) is 1. The molecule has 3 heterocycles. The lowest BCUT2D eigenvalue weighted by Crippen LogP contribution is -2.22. The van der Waals surface area contributed by atoms with Crippen molar-refractivity contribution in [3.8, 4) is 11.5 Å². The molecule has 2 aromatic carbocycles. The number of anilines is 1. The second-order valence-electron chi connectivity index (χ2n) is 8.84. The van der Waals surface area contributed by atoms with Crippen molar-refractivity contribution in [3.63, 3.8) is 0 Å². The van der Waals surface area contributed by atoms with Crippen LogP contribution in [0.25, 0.3) is 10.9 Å². The molecule has 0 amide bonds. The molecule has 2 aliphatic rings. The zero-order valence-electron chi connectivity index (χ0n) is 19.4. The zero-order chi connectivity index (χ0) is 24.7. The summed E-state index contributed by atoms with van der Waals surface area (Å²) < 4.78 is 60.6. The molecule has 0 bridgehead atoms. The fraction of sp³-hybridized carbons (Fsp3) is 0.440. The molecular weight excluding hydrogens is 463 g/mol. The van der Waals surface area contributed by atoms with Crippen LogP contribution in [0.1, 0.15) is 41.9 Å². The van der Waals surface area contributed by atoms with Crippen LogP contribution in [-0.2, 0) is 17.1 Å². The lowest BCUT2D eigenvalue weighted by atomic mass is 10.00. The van der Waals surface area contributed by atoms with Crippen molar-refractivity contribution in [2.75, 3.05) is 31.7 Å². The highest BCUT2D eigenvalue weighted by atomic mass is 19.3. The number of hydrogen-bond donors (Lipinski definition) is 2. The van der Waals surface area contributed by atoms with Crippen LogP contribution >= 0.6 is 0 Å². The zero-order valence-corrected chi connectivity index (χ0v) is 19.4. The van der Waals surface area contributed by atoms with E-state index in [1.807, 2.05) is 0 Å². The highest BCUT2D eigenvalue weighted by molar-refractivity contribution is 5.95. The second-order valence-corrected chi connectivity index (χ2v) is 8.84. The van der Waals surface area contributed by atoms with Gasteiger partial charge in [-0.2, -0.15) is 8.78 Å². The van der Waals surface area contributed by atoms with Gasteiger partial charge in [0, 0.05) is 29.4 Å². The predicted octanol–water partition coefficient (Wildman–Crippen LogP) is 4.44. The number of hydrogen-bond acceptors (Lipinski definition) is 7. The SMILES string of the molecule is Cc1nc(N[C@H](C)c2cccc(C(F)(F)CO)c2F)c2cc(O[C@H]3CCOC3)c3c(c2n1)CCO3. The summed E-state index contributed by atoms with van der Waals surface area (Å²) >= 11 is 0. The molecule has 35 heavy (non-hydrogen) atoms. The normalized spacial score (nSPS) is 18.4. The van der Waals surface area contributed by atoms with Gasteiger partial charge in [-0.1, -0.05) is 12.1 Å². The highest BCUT2D eigenvalue weighted by Crippen LogP contribution is 2.43. The van der Waals surface area contributed by atoms with Crippen LogP contribution < -0.4 is 14.8 Å². The number of nitrogens with zero attached hydrogens (tertiary/aromatic N) is 2. The van der Waals surface area contributed by atoms with Crippen LogP contribution in [0.2, 0.25) is 0 Å². The van der Waals surface area contributed by atoms with E-state index in [1.54, 1.807) is 19.9 Å². The van der Waals surface area contributed by atoms with Gasteiger partial charge in [0.05, 0.1) is 36.9 Å². The molecule has 3 aromatic rings. The maximum Gasteiger partial charge on any atom is 0.298 e. The summed E-state index contributed by atoms with van der Waals surface area (Å²) in [6.45, 7) is 3.56. The molecular formula is C25H26F3N3O4. The number of aliphatic hydroxyl groups is 1. The molecule has 186 valence electrons. The van der Waals surface area contributed by atoms with Crippen molar-refractivity contribution in [2.45, 2.75) is 44.8 Å². The Morgan fingerprint density at radius 1 is 1.29 bits per heavy atom. The summed E-state index contributed by atoms with van der Waals surface area (Å²) in [6, 6.07) is 4.85. The molecule has 0 radical (unpaired) electrons. The second kappa shape index (κ2) is 9.16. The van der Waals surface area contributed by atoms with Gasteiger partial charge in [0.1, 0.15) is 30.2 Å². The summed E-state index contributed by atoms with van der Waals surface area (Å²) in [7, 11) is 0. The van der Waals surface area contributed by atoms with Crippen LogP contribution in [0, 0.1) is 12.7 Å². The fourth-order valence-corrected chi connectivity index (χ4v) is 4.56. The first-order valence-corrected chi connectivity index (χ1v) is 11.5. The molecule has 1 fully saturated rings. The van der Waals surface area contributed by atoms with Crippen molar-refractivity contribution in [1.82, 2.24) is 9.97 Å². The van der Waals surface area contributed by atoms with Crippen LogP contribution in [0.15, 0.2) is 24.3 Å². The van der Waals surface area contributed by atoms with E-state index in [-0.39, 0.29) is 11.7 Å². The summed E-state index contributed by atoms with van der Waals surface area (Å²) in [5, 5.41) is 12.8. The molecule has 0 unspecified atom stereocenters. The largest absolute Gasteiger partial charge is 0.489 e. The van der Waals surface area contributed by atoms with Crippen molar-refractivity contribution in [3.05, 3.63) is 52.6 Å². The summed E-state index contributed by atoms with van der Waals surface area (Å²) in [4.78, 5) is 9.15. The highest BCUT2D eigenvalue weighted by Gasteiger charge is 2.35. The van der Waals surface area contributed by atoms with Gasteiger partial charge in [-0.25, -0.2) is 14.4 Å². The molecule has 0 saturated carbocycles. The maximum absolute atomic E-state index is 15.1. The third-order valence-electron chi connectivity index (χ3n) is 6.34. The lowest BCUT2D eigenvalue weighted by Gasteiger charge is -2.22. The van der Waals surface area contributed by atoms with Crippen molar-refractivity contribution < 1.29 is 32.5 Å². The van der Waals surface area contributed by atoms with Gasteiger partial charge in [0.2, 0.25) is 0 Å². The average Bonchev–Trinajstić information content (AvgIpc) is 3.52. The molecule has 2 N–H and O–H groups in total. The van der Waals surface area contributed by atoms with Gasteiger partial charge >= 0.3 is 0 Å². The van der Waals surface area contributed by atoms with Gasteiger partial charge in [0.25, 0.3) is 5.92 Å². The van der Waals surface area contributed by atoms with E-state index in [0.717, 1.165) is 18.1 Å². The van der Waals surface area contributed by atoms with Crippen LogP contribution in [-0.4, -0.2) is 47.6 Å². The molecule has 5 rings (SSSR count). The van der Waals surface area contributed by atoms with Crippen molar-refractivity contribution in [2.24, 2.45) is 0 Å². The third kappa shape index (κ3) is 4.36. The number of aliphatic hydroxyl groups excluding tert-OH is 1. The lowest BCUT2D eigenvalue weighted by molar-refractivity contribution is -0.0583. The third-order valence-corrected chi connectivity index (χ3v) is 6.34. The van der Waals surface area contributed by atoms with Gasteiger partial charge in [-0.3, -0.25) is 0 Å². The summed E-state index contributed by atoms with van der Waals surface area (Å²) in [6.07, 6.45) is 1.34. The van der Waals surface area contributed by atoms with Gasteiger partial charge in [-0.15, -0.1) is 0 Å². The van der Waals surface area contributed by atoms with Gasteiger partial charge in [0.15, 0.2) is 11.5 Å². The number of halogens is 3. The molecule has 0 spiro atoms. The average molecular weight is 489 g/mol. The molecule has 2 atom stereocenters. The smallest absolute Gasteiger partial charge is 0.298 e. The quantitative estimate of drug-likeness (QED) is 0.508. The van der Waals surface area contributed by atoms with E-state index in [1.165, 1.54) is 12.1 Å². The molecule has 1 saturated heterocycles. The number of fused-ring (bicyclic) bond motifs is 3. The van der Waals surface area contributed by atoms with E-state index >= 15 is 4.39 Å². The minimum atomic E-state index is -3.69. The Hall–Kier alpha value is -3.11. The number of benzene rings is 2. The number of aromatic nitrogens is 2. The van der Waals surface area contributed by atoms with E-state index in [4.69, 9.17) is 19.3 Å². The number of alkyl halides is 2. The molecule has 0 aliphatic carbocycles. The summed E-state index contributed by atoms with van der Waals surface area (Å²) in [5.74, 6) is -2.59. The number of ether oxygens (including phenoxy) is 3. The monoisotopic (exact) mass is 489 g/mol. The van der Waals surface area contributed by atoms with Crippen LogP contribution in [0.4, 0.5) is 19.0 Å². The van der Waals surface area contributed by atoms with E-state index < -0.39 is 30.0 Å². The number of rotatable bonds is 7. The van der Waals surface area contributed by atoms with Crippen molar-refractivity contribution in [1.29, 1.82) is 0 Å².